The zero-order valence-electron chi connectivity index (χ0n) is 18.8. The standard InChI is InChI=1S/C27H34F2N2/c1-3-24(31(2)19-21-10-6-4-7-11-21)16-17-27(20-30,22-12-8-5-9-13-22)23-14-15-25(28)26(29)18-23/h4,6-7,10-11,14-15,18,22,24H,3,5,8-9,12-13,16-17,19H2,1-2H3. The zero-order valence-corrected chi connectivity index (χ0v) is 18.8. The average Bonchev–Trinajstić information content (AvgIpc) is 2.80. The van der Waals surface area contributed by atoms with Crippen LogP contribution in [0.1, 0.15) is 69.4 Å². The van der Waals surface area contributed by atoms with Gasteiger partial charge in [-0.3, -0.25) is 4.90 Å². The van der Waals surface area contributed by atoms with Crippen LogP contribution in [-0.2, 0) is 12.0 Å². The summed E-state index contributed by atoms with van der Waals surface area (Å²) < 4.78 is 27.8. The summed E-state index contributed by atoms with van der Waals surface area (Å²) in [4.78, 5) is 2.35. The molecule has 0 heterocycles. The van der Waals surface area contributed by atoms with E-state index in [4.69, 9.17) is 0 Å². The molecule has 2 atom stereocenters. The number of nitrogens with zero attached hydrogens (tertiary/aromatic N) is 2. The summed E-state index contributed by atoms with van der Waals surface area (Å²) in [5.41, 5.74) is 1.14. The van der Waals surface area contributed by atoms with Crippen LogP contribution in [0.25, 0.3) is 0 Å². The fourth-order valence-electron chi connectivity index (χ4n) is 5.30. The maximum Gasteiger partial charge on any atom is 0.159 e. The first kappa shape index (κ1) is 23.4. The van der Waals surface area contributed by atoms with E-state index < -0.39 is 17.0 Å². The Morgan fingerprint density at radius 2 is 1.77 bits per heavy atom. The lowest BCUT2D eigenvalue weighted by molar-refractivity contribution is 0.179. The third-order valence-electron chi connectivity index (χ3n) is 7.18. The van der Waals surface area contributed by atoms with Crippen molar-refractivity contribution in [1.29, 1.82) is 5.26 Å². The molecule has 0 radical (unpaired) electrons. The van der Waals surface area contributed by atoms with Gasteiger partial charge < -0.3 is 0 Å². The number of hydrogen-bond donors (Lipinski definition) is 0. The molecule has 1 aliphatic rings. The van der Waals surface area contributed by atoms with E-state index in [1.807, 2.05) is 6.07 Å². The molecule has 0 bridgehead atoms. The Labute approximate surface area is 185 Å². The second-order valence-electron chi connectivity index (χ2n) is 9.05. The lowest BCUT2D eigenvalue weighted by atomic mass is 9.63. The van der Waals surface area contributed by atoms with Crippen molar-refractivity contribution >= 4 is 0 Å². The molecule has 0 spiro atoms. The normalized spacial score (nSPS) is 17.8. The van der Waals surface area contributed by atoms with Crippen LogP contribution >= 0.6 is 0 Å². The van der Waals surface area contributed by atoms with E-state index in [1.54, 1.807) is 6.07 Å². The maximum atomic E-state index is 14.2. The summed E-state index contributed by atoms with van der Waals surface area (Å²) >= 11 is 0. The Morgan fingerprint density at radius 1 is 1.06 bits per heavy atom. The van der Waals surface area contributed by atoms with Gasteiger partial charge >= 0.3 is 0 Å². The van der Waals surface area contributed by atoms with Gasteiger partial charge in [0.05, 0.1) is 11.5 Å². The first-order chi connectivity index (χ1) is 15.0. The molecular formula is C27H34F2N2. The van der Waals surface area contributed by atoms with Gasteiger partial charge in [0.25, 0.3) is 0 Å². The molecule has 2 aromatic rings. The van der Waals surface area contributed by atoms with Gasteiger partial charge in [-0.15, -0.1) is 0 Å². The van der Waals surface area contributed by atoms with E-state index in [1.165, 1.54) is 24.1 Å². The first-order valence-corrected chi connectivity index (χ1v) is 11.6. The van der Waals surface area contributed by atoms with Gasteiger partial charge in [0.1, 0.15) is 0 Å². The predicted molar refractivity (Wildman–Crippen MR) is 121 cm³/mol. The van der Waals surface area contributed by atoms with E-state index in [9.17, 15) is 14.0 Å². The summed E-state index contributed by atoms with van der Waals surface area (Å²) in [6.45, 7) is 3.03. The Kier molecular flexibility index (Phi) is 8.21. The zero-order chi connectivity index (χ0) is 22.3. The van der Waals surface area contributed by atoms with E-state index in [-0.39, 0.29) is 5.92 Å². The minimum absolute atomic E-state index is 0.188. The second-order valence-corrected chi connectivity index (χ2v) is 9.05. The van der Waals surface area contributed by atoms with Crippen LogP contribution in [0.4, 0.5) is 8.78 Å². The fraction of sp³-hybridized carbons (Fsp3) is 0.519. The van der Waals surface area contributed by atoms with Gasteiger partial charge in [0.2, 0.25) is 0 Å². The van der Waals surface area contributed by atoms with Crippen molar-refractivity contribution in [1.82, 2.24) is 4.90 Å². The molecule has 2 unspecified atom stereocenters. The van der Waals surface area contributed by atoms with Crippen LogP contribution in [0.2, 0.25) is 0 Å². The van der Waals surface area contributed by atoms with Crippen LogP contribution in [0, 0.1) is 28.9 Å². The van der Waals surface area contributed by atoms with E-state index >= 15 is 0 Å². The van der Waals surface area contributed by atoms with Gasteiger partial charge in [-0.2, -0.15) is 5.26 Å². The van der Waals surface area contributed by atoms with Crippen LogP contribution in [0.3, 0.4) is 0 Å². The highest BCUT2D eigenvalue weighted by Crippen LogP contribution is 2.45. The van der Waals surface area contributed by atoms with Gasteiger partial charge in [-0.25, -0.2) is 8.78 Å². The number of rotatable bonds is 9. The van der Waals surface area contributed by atoms with Crippen molar-refractivity contribution in [2.45, 2.75) is 76.3 Å². The average molecular weight is 425 g/mol. The Hall–Kier alpha value is -2.25. The maximum absolute atomic E-state index is 14.2. The molecule has 0 aromatic heterocycles. The largest absolute Gasteiger partial charge is 0.299 e. The van der Waals surface area contributed by atoms with E-state index in [0.29, 0.717) is 18.0 Å². The van der Waals surface area contributed by atoms with E-state index in [0.717, 1.165) is 45.1 Å². The molecular weight excluding hydrogens is 390 g/mol. The quantitative estimate of drug-likeness (QED) is 0.433. The molecule has 166 valence electrons. The third kappa shape index (κ3) is 5.52. The van der Waals surface area contributed by atoms with Crippen molar-refractivity contribution < 1.29 is 8.78 Å². The monoisotopic (exact) mass is 424 g/mol. The molecule has 0 saturated heterocycles. The van der Waals surface area contributed by atoms with Crippen molar-refractivity contribution in [3.63, 3.8) is 0 Å². The Bertz CT molecular complexity index is 871. The smallest absolute Gasteiger partial charge is 0.159 e. The van der Waals surface area contributed by atoms with Gasteiger partial charge in [0, 0.05) is 12.6 Å². The summed E-state index contributed by atoms with van der Waals surface area (Å²) in [5, 5.41) is 10.4. The minimum Gasteiger partial charge on any atom is -0.299 e. The topological polar surface area (TPSA) is 27.0 Å². The fourth-order valence-corrected chi connectivity index (χ4v) is 5.30. The molecule has 2 nitrogen and oxygen atoms in total. The van der Waals surface area contributed by atoms with Gasteiger partial charge in [0.15, 0.2) is 11.6 Å². The SMILES string of the molecule is CCC(CCC(C#N)(c1ccc(F)c(F)c1)C1CCCCC1)N(C)Cc1ccccc1. The Morgan fingerprint density at radius 3 is 2.39 bits per heavy atom. The lowest BCUT2D eigenvalue weighted by Gasteiger charge is -2.39. The molecule has 1 fully saturated rings. The summed E-state index contributed by atoms with van der Waals surface area (Å²) in [5.74, 6) is -1.53. The van der Waals surface area contributed by atoms with Crippen LogP contribution in [-0.4, -0.2) is 18.0 Å². The number of halogens is 2. The highest BCUT2D eigenvalue weighted by Gasteiger charge is 2.42. The molecule has 0 N–H and O–H groups in total. The molecule has 3 rings (SSSR count). The highest BCUT2D eigenvalue weighted by molar-refractivity contribution is 5.35. The summed E-state index contributed by atoms with van der Waals surface area (Å²) in [6, 6.07) is 17.4. The Balaban J connectivity index is 1.83. The third-order valence-corrected chi connectivity index (χ3v) is 7.18. The molecule has 1 aliphatic carbocycles. The van der Waals surface area contributed by atoms with Crippen LogP contribution in [0.5, 0.6) is 0 Å². The second kappa shape index (κ2) is 10.9. The predicted octanol–water partition coefficient (Wildman–Crippen LogP) is 7.00. The molecule has 2 aromatic carbocycles. The first-order valence-electron chi connectivity index (χ1n) is 11.6. The summed E-state index contributed by atoms with van der Waals surface area (Å²) in [6.07, 6.45) is 7.83. The molecule has 1 saturated carbocycles. The minimum atomic E-state index is -0.860. The van der Waals surface area contributed by atoms with Gasteiger partial charge in [-0.1, -0.05) is 62.6 Å². The molecule has 4 heteroatoms. The van der Waals surface area contributed by atoms with Crippen molar-refractivity contribution in [2.24, 2.45) is 5.92 Å². The van der Waals surface area contributed by atoms with E-state index in [2.05, 4.69) is 49.2 Å². The molecule has 0 amide bonds. The van der Waals surface area contributed by atoms with Crippen molar-refractivity contribution in [2.75, 3.05) is 7.05 Å². The highest BCUT2D eigenvalue weighted by atomic mass is 19.2. The molecule has 31 heavy (non-hydrogen) atoms. The van der Waals surface area contributed by atoms with Gasteiger partial charge in [-0.05, 0) is 68.3 Å². The number of hydrogen-bond acceptors (Lipinski definition) is 2. The molecule has 0 aliphatic heterocycles. The van der Waals surface area contributed by atoms with Crippen molar-refractivity contribution in [3.8, 4) is 6.07 Å². The number of nitriles is 1. The lowest BCUT2D eigenvalue weighted by Crippen LogP contribution is -2.38. The summed E-state index contributed by atoms with van der Waals surface area (Å²) in [7, 11) is 2.13. The van der Waals surface area contributed by atoms with Crippen molar-refractivity contribution in [3.05, 3.63) is 71.3 Å². The number of benzene rings is 2. The van der Waals surface area contributed by atoms with Crippen LogP contribution < -0.4 is 0 Å². The van der Waals surface area contributed by atoms with Crippen LogP contribution in [0.15, 0.2) is 48.5 Å².